The van der Waals surface area contributed by atoms with E-state index in [4.69, 9.17) is 23.2 Å². The number of halogens is 3. The number of nitrogens with one attached hydrogen (secondary N) is 2. The van der Waals surface area contributed by atoms with Gasteiger partial charge in [-0.15, -0.1) is 0 Å². The Morgan fingerprint density at radius 3 is 2.65 bits per heavy atom. The van der Waals surface area contributed by atoms with Gasteiger partial charge in [0.15, 0.2) is 0 Å². The van der Waals surface area contributed by atoms with Crippen LogP contribution in [-0.2, 0) is 4.79 Å². The van der Waals surface area contributed by atoms with Crippen molar-refractivity contribution < 1.29 is 4.79 Å². The fraction of sp³-hybridized carbons (Fsp3) is 0.0714. The second kappa shape index (κ2) is 6.97. The van der Waals surface area contributed by atoms with E-state index >= 15 is 0 Å². The lowest BCUT2D eigenvalue weighted by atomic mass is 10.3. The largest absolute Gasteiger partial charge is 0.376 e. The first-order chi connectivity index (χ1) is 9.54. The summed E-state index contributed by atoms with van der Waals surface area (Å²) >= 11 is 15.2. The van der Waals surface area contributed by atoms with Crippen LogP contribution >= 0.6 is 39.1 Å². The number of benzene rings is 2. The molecule has 0 bridgehead atoms. The van der Waals surface area contributed by atoms with Crippen LogP contribution < -0.4 is 10.6 Å². The van der Waals surface area contributed by atoms with Gasteiger partial charge in [0, 0.05) is 15.2 Å². The number of rotatable bonds is 4. The van der Waals surface area contributed by atoms with Gasteiger partial charge in [-0.2, -0.15) is 0 Å². The maximum Gasteiger partial charge on any atom is 0.243 e. The second-order valence-corrected chi connectivity index (χ2v) is 5.80. The van der Waals surface area contributed by atoms with E-state index in [2.05, 4.69) is 26.6 Å². The minimum absolute atomic E-state index is 0.148. The minimum Gasteiger partial charge on any atom is -0.376 e. The quantitative estimate of drug-likeness (QED) is 0.807. The molecule has 0 aliphatic rings. The molecule has 0 radical (unpaired) electrons. The lowest BCUT2D eigenvalue weighted by Gasteiger charge is -2.09. The minimum atomic E-state index is -0.186. The summed E-state index contributed by atoms with van der Waals surface area (Å²) < 4.78 is 0.948. The molecule has 0 unspecified atom stereocenters. The van der Waals surface area contributed by atoms with Crippen molar-refractivity contribution >= 4 is 56.4 Å². The van der Waals surface area contributed by atoms with Crippen molar-refractivity contribution in [3.63, 3.8) is 0 Å². The zero-order valence-corrected chi connectivity index (χ0v) is 13.4. The summed E-state index contributed by atoms with van der Waals surface area (Å²) in [6, 6.07) is 12.5. The van der Waals surface area contributed by atoms with Crippen LogP contribution in [0, 0.1) is 0 Å². The molecule has 1 amide bonds. The van der Waals surface area contributed by atoms with Crippen LogP contribution in [0.15, 0.2) is 46.9 Å². The van der Waals surface area contributed by atoms with E-state index in [-0.39, 0.29) is 12.5 Å². The number of hydrogen-bond acceptors (Lipinski definition) is 2. The predicted octanol–water partition coefficient (Wildman–Crippen LogP) is 4.81. The Hall–Kier alpha value is -1.23. The van der Waals surface area contributed by atoms with Crippen molar-refractivity contribution in [3.8, 4) is 0 Å². The van der Waals surface area contributed by atoms with E-state index in [0.717, 1.165) is 10.2 Å². The molecule has 2 rings (SSSR count). The van der Waals surface area contributed by atoms with Crippen LogP contribution in [0.5, 0.6) is 0 Å². The Labute approximate surface area is 135 Å². The first-order valence-corrected chi connectivity index (χ1v) is 7.34. The molecule has 0 spiro atoms. The highest BCUT2D eigenvalue weighted by Gasteiger charge is 2.06. The van der Waals surface area contributed by atoms with Gasteiger partial charge in [0.05, 0.1) is 17.3 Å². The molecular weight excluding hydrogens is 363 g/mol. The van der Waals surface area contributed by atoms with Crippen LogP contribution in [0.1, 0.15) is 0 Å². The van der Waals surface area contributed by atoms with E-state index in [1.165, 1.54) is 0 Å². The molecule has 20 heavy (non-hydrogen) atoms. The van der Waals surface area contributed by atoms with Gasteiger partial charge in [-0.3, -0.25) is 4.79 Å². The van der Waals surface area contributed by atoms with Gasteiger partial charge < -0.3 is 10.6 Å². The fourth-order valence-electron chi connectivity index (χ4n) is 1.57. The zero-order chi connectivity index (χ0) is 14.5. The van der Waals surface area contributed by atoms with Crippen LogP contribution in [0.25, 0.3) is 0 Å². The van der Waals surface area contributed by atoms with Crippen molar-refractivity contribution in [2.24, 2.45) is 0 Å². The monoisotopic (exact) mass is 372 g/mol. The lowest BCUT2D eigenvalue weighted by molar-refractivity contribution is -0.114. The van der Waals surface area contributed by atoms with Crippen molar-refractivity contribution in [2.45, 2.75) is 0 Å². The molecular formula is C14H11BrCl2N2O. The fourth-order valence-corrected chi connectivity index (χ4v) is 2.42. The van der Waals surface area contributed by atoms with Gasteiger partial charge in [0.2, 0.25) is 5.91 Å². The number of carbonyl (C=O) groups is 1. The Morgan fingerprint density at radius 1 is 1.15 bits per heavy atom. The van der Waals surface area contributed by atoms with Crippen LogP contribution in [0.4, 0.5) is 11.4 Å². The van der Waals surface area contributed by atoms with Gasteiger partial charge in [-0.1, -0.05) is 45.2 Å². The summed E-state index contributed by atoms with van der Waals surface area (Å²) in [4.78, 5) is 11.8. The Balaban J connectivity index is 1.92. The second-order valence-electron chi connectivity index (χ2n) is 4.04. The van der Waals surface area contributed by atoms with Gasteiger partial charge in [-0.05, 0) is 36.4 Å². The Morgan fingerprint density at radius 2 is 1.95 bits per heavy atom. The highest BCUT2D eigenvalue weighted by molar-refractivity contribution is 9.10. The highest BCUT2D eigenvalue weighted by Crippen LogP contribution is 2.25. The predicted molar refractivity (Wildman–Crippen MR) is 87.7 cm³/mol. The molecule has 0 aliphatic heterocycles. The third-order valence-corrected chi connectivity index (χ3v) is 3.52. The van der Waals surface area contributed by atoms with E-state index in [1.807, 2.05) is 24.3 Å². The maximum atomic E-state index is 11.8. The maximum absolute atomic E-state index is 11.8. The summed E-state index contributed by atoms with van der Waals surface area (Å²) in [7, 11) is 0. The molecule has 3 nitrogen and oxygen atoms in total. The van der Waals surface area contributed by atoms with Crippen LogP contribution in [0.3, 0.4) is 0 Å². The summed E-state index contributed by atoms with van der Waals surface area (Å²) in [5, 5.41) is 6.68. The summed E-state index contributed by atoms with van der Waals surface area (Å²) in [6.45, 7) is 0.148. The first kappa shape index (κ1) is 15.2. The third kappa shape index (κ3) is 4.40. The smallest absolute Gasteiger partial charge is 0.243 e. The topological polar surface area (TPSA) is 41.1 Å². The average Bonchev–Trinajstić information content (AvgIpc) is 2.40. The zero-order valence-electron chi connectivity index (χ0n) is 10.3. The molecule has 0 fully saturated rings. The van der Waals surface area contributed by atoms with Crippen molar-refractivity contribution in [3.05, 3.63) is 57.0 Å². The number of anilines is 2. The van der Waals surface area contributed by atoms with Gasteiger partial charge in [0.25, 0.3) is 0 Å². The molecule has 104 valence electrons. The van der Waals surface area contributed by atoms with Crippen molar-refractivity contribution in [2.75, 3.05) is 17.2 Å². The molecule has 0 atom stereocenters. The van der Waals surface area contributed by atoms with Gasteiger partial charge in [-0.25, -0.2) is 0 Å². The number of hydrogen-bond donors (Lipinski definition) is 2. The SMILES string of the molecule is O=C(CNc1cccc(Br)c1)Nc1ccc(Cl)cc1Cl. The van der Waals surface area contributed by atoms with Crippen molar-refractivity contribution in [1.29, 1.82) is 0 Å². The molecule has 2 aromatic rings. The third-order valence-electron chi connectivity index (χ3n) is 2.48. The van der Waals surface area contributed by atoms with Crippen LogP contribution in [0.2, 0.25) is 10.0 Å². The molecule has 6 heteroatoms. The van der Waals surface area contributed by atoms with Crippen molar-refractivity contribution in [1.82, 2.24) is 0 Å². The highest BCUT2D eigenvalue weighted by atomic mass is 79.9. The van der Waals surface area contributed by atoms with E-state index in [1.54, 1.807) is 18.2 Å². The number of amides is 1. The van der Waals surface area contributed by atoms with E-state index in [0.29, 0.717) is 15.7 Å². The molecule has 2 aromatic carbocycles. The molecule has 0 saturated carbocycles. The molecule has 0 aliphatic carbocycles. The Bertz CT molecular complexity index is 634. The van der Waals surface area contributed by atoms with E-state index < -0.39 is 0 Å². The van der Waals surface area contributed by atoms with Crippen LogP contribution in [-0.4, -0.2) is 12.5 Å². The van der Waals surface area contributed by atoms with Gasteiger partial charge in [0.1, 0.15) is 0 Å². The summed E-state index contributed by atoms with van der Waals surface area (Å²) in [5.74, 6) is -0.186. The molecule has 2 N–H and O–H groups in total. The molecule has 0 aromatic heterocycles. The Kier molecular flexibility index (Phi) is 5.29. The van der Waals surface area contributed by atoms with E-state index in [9.17, 15) is 4.79 Å². The van der Waals surface area contributed by atoms with Gasteiger partial charge >= 0.3 is 0 Å². The molecule has 0 heterocycles. The molecule has 0 saturated heterocycles. The first-order valence-electron chi connectivity index (χ1n) is 5.79. The lowest BCUT2D eigenvalue weighted by Crippen LogP contribution is -2.21. The normalized spacial score (nSPS) is 10.2. The standard InChI is InChI=1S/C14H11BrCl2N2O/c15-9-2-1-3-11(6-9)18-8-14(20)19-13-5-4-10(16)7-12(13)17/h1-7,18H,8H2,(H,19,20). The average molecular weight is 374 g/mol. The summed E-state index contributed by atoms with van der Waals surface area (Å²) in [6.07, 6.45) is 0. The number of carbonyl (C=O) groups excluding carboxylic acids is 1. The summed E-state index contributed by atoms with van der Waals surface area (Å²) in [5.41, 5.74) is 1.40.